The van der Waals surface area contributed by atoms with Crippen LogP contribution in [0.4, 0.5) is 5.69 Å². The molecule has 2 N–H and O–H groups in total. The molecule has 5 heteroatoms. The molecule has 3 aromatic rings. The van der Waals surface area contributed by atoms with E-state index in [0.717, 1.165) is 12.1 Å². The first-order chi connectivity index (χ1) is 12.6. The lowest BCUT2D eigenvalue weighted by molar-refractivity contribution is 0.601. The summed E-state index contributed by atoms with van der Waals surface area (Å²) in [6.07, 6.45) is 0. The van der Waals surface area contributed by atoms with E-state index >= 15 is 0 Å². The molecule has 3 aromatic carbocycles. The molecular formula is C21H22N2O2S. The molecular weight excluding hydrogens is 344 g/mol. The molecule has 0 bridgehead atoms. The van der Waals surface area contributed by atoms with E-state index in [1.165, 1.54) is 11.1 Å². The van der Waals surface area contributed by atoms with Crippen LogP contribution in [0.5, 0.6) is 0 Å². The second kappa shape index (κ2) is 8.17. The van der Waals surface area contributed by atoms with Crippen LogP contribution in [0.3, 0.4) is 0 Å². The van der Waals surface area contributed by atoms with Gasteiger partial charge in [-0.15, -0.1) is 0 Å². The summed E-state index contributed by atoms with van der Waals surface area (Å²) < 4.78 is 27.8. The van der Waals surface area contributed by atoms with Crippen molar-refractivity contribution in [1.82, 2.24) is 5.32 Å². The minimum Gasteiger partial charge on any atom is -0.309 e. The topological polar surface area (TPSA) is 58.2 Å². The van der Waals surface area contributed by atoms with Gasteiger partial charge >= 0.3 is 0 Å². The fourth-order valence-corrected chi connectivity index (χ4v) is 3.84. The number of hydrogen-bond donors (Lipinski definition) is 2. The molecule has 3 rings (SSSR count). The fraction of sp³-hybridized carbons (Fsp3) is 0.143. The molecule has 0 amide bonds. The van der Waals surface area contributed by atoms with Crippen LogP contribution >= 0.6 is 0 Å². The standard InChI is InChI=1S/C21H22N2O2S/c1-17-9-5-6-10-18(17)15-22-16-19-11-7-8-14-21(19)23-26(24,25)20-12-3-2-4-13-20/h2-14,22-23H,15-16H2,1H3. The van der Waals surface area contributed by atoms with Crippen LogP contribution in [0.15, 0.2) is 83.8 Å². The van der Waals surface area contributed by atoms with Crippen LogP contribution in [-0.2, 0) is 23.1 Å². The van der Waals surface area contributed by atoms with E-state index in [1.807, 2.05) is 30.3 Å². The second-order valence-electron chi connectivity index (χ2n) is 6.11. The summed E-state index contributed by atoms with van der Waals surface area (Å²) >= 11 is 0. The zero-order valence-corrected chi connectivity index (χ0v) is 15.5. The Labute approximate surface area is 155 Å². The largest absolute Gasteiger partial charge is 0.309 e. The quantitative estimate of drug-likeness (QED) is 0.662. The highest BCUT2D eigenvalue weighted by Crippen LogP contribution is 2.20. The summed E-state index contributed by atoms with van der Waals surface area (Å²) in [5.41, 5.74) is 3.96. The molecule has 0 heterocycles. The van der Waals surface area contributed by atoms with Gasteiger partial charge in [0.25, 0.3) is 10.0 Å². The maximum Gasteiger partial charge on any atom is 0.261 e. The Bertz CT molecular complexity index is 970. The summed E-state index contributed by atoms with van der Waals surface area (Å²) in [6, 6.07) is 24.0. The summed E-state index contributed by atoms with van der Waals surface area (Å²) in [5.74, 6) is 0. The maximum atomic E-state index is 12.6. The van der Waals surface area contributed by atoms with Crippen LogP contribution < -0.4 is 10.0 Å². The van der Waals surface area contributed by atoms with Gasteiger partial charge in [0.1, 0.15) is 0 Å². The molecule has 134 valence electrons. The van der Waals surface area contributed by atoms with E-state index in [0.29, 0.717) is 12.2 Å². The molecule has 0 aliphatic heterocycles. The molecule has 0 atom stereocenters. The Kier molecular flexibility index (Phi) is 5.71. The van der Waals surface area contributed by atoms with E-state index in [4.69, 9.17) is 0 Å². The van der Waals surface area contributed by atoms with Gasteiger partial charge in [-0.2, -0.15) is 0 Å². The fourth-order valence-electron chi connectivity index (χ4n) is 2.72. The van der Waals surface area contributed by atoms with Gasteiger partial charge < -0.3 is 5.32 Å². The van der Waals surface area contributed by atoms with E-state index < -0.39 is 10.0 Å². The highest BCUT2D eigenvalue weighted by Gasteiger charge is 2.15. The Morgan fingerprint density at radius 1 is 0.731 bits per heavy atom. The Morgan fingerprint density at radius 3 is 2.04 bits per heavy atom. The molecule has 0 radical (unpaired) electrons. The number of aryl methyl sites for hydroxylation is 1. The molecule has 0 aliphatic carbocycles. The van der Waals surface area contributed by atoms with E-state index in [-0.39, 0.29) is 4.90 Å². The molecule has 0 aliphatic rings. The molecule has 0 aromatic heterocycles. The highest BCUT2D eigenvalue weighted by atomic mass is 32.2. The van der Waals surface area contributed by atoms with E-state index in [2.05, 4.69) is 29.1 Å². The summed E-state index contributed by atoms with van der Waals surface area (Å²) in [5, 5.41) is 3.39. The van der Waals surface area contributed by atoms with Gasteiger partial charge in [0.15, 0.2) is 0 Å². The number of rotatable bonds is 7. The molecule has 0 unspecified atom stereocenters. The van der Waals surface area contributed by atoms with Crippen molar-refractivity contribution in [2.75, 3.05) is 4.72 Å². The number of benzene rings is 3. The number of anilines is 1. The number of nitrogens with one attached hydrogen (secondary N) is 2. The number of para-hydroxylation sites is 1. The lowest BCUT2D eigenvalue weighted by Gasteiger charge is -2.14. The van der Waals surface area contributed by atoms with Gasteiger partial charge in [-0.3, -0.25) is 4.72 Å². The normalized spacial score (nSPS) is 11.3. The molecule has 0 spiro atoms. The lowest BCUT2D eigenvalue weighted by Crippen LogP contribution is -2.18. The zero-order valence-electron chi connectivity index (χ0n) is 14.6. The third kappa shape index (κ3) is 4.50. The van der Waals surface area contributed by atoms with Gasteiger partial charge in [0.05, 0.1) is 10.6 Å². The van der Waals surface area contributed by atoms with Gasteiger partial charge in [-0.1, -0.05) is 60.7 Å². The SMILES string of the molecule is Cc1ccccc1CNCc1ccccc1NS(=O)(=O)c1ccccc1. The first-order valence-corrected chi connectivity index (χ1v) is 9.95. The predicted octanol–water partition coefficient (Wildman–Crippen LogP) is 4.09. The van der Waals surface area contributed by atoms with Gasteiger partial charge in [0, 0.05) is 13.1 Å². The third-order valence-electron chi connectivity index (χ3n) is 4.21. The van der Waals surface area contributed by atoms with Gasteiger partial charge in [-0.05, 0) is 41.8 Å². The summed E-state index contributed by atoms with van der Waals surface area (Å²) in [4.78, 5) is 0.252. The van der Waals surface area contributed by atoms with Crippen molar-refractivity contribution >= 4 is 15.7 Å². The number of sulfonamides is 1. The Morgan fingerprint density at radius 2 is 1.31 bits per heavy atom. The van der Waals surface area contributed by atoms with Crippen molar-refractivity contribution in [1.29, 1.82) is 0 Å². The van der Waals surface area contributed by atoms with E-state index in [9.17, 15) is 8.42 Å². The monoisotopic (exact) mass is 366 g/mol. The average Bonchev–Trinajstić information content (AvgIpc) is 2.65. The van der Waals surface area contributed by atoms with E-state index in [1.54, 1.807) is 36.4 Å². The molecule has 4 nitrogen and oxygen atoms in total. The van der Waals surface area contributed by atoms with Crippen LogP contribution in [0.2, 0.25) is 0 Å². The minimum atomic E-state index is -3.60. The van der Waals surface area contributed by atoms with Crippen LogP contribution in [0.25, 0.3) is 0 Å². The van der Waals surface area contributed by atoms with Crippen molar-refractivity contribution in [3.05, 3.63) is 95.6 Å². The molecule has 0 saturated heterocycles. The van der Waals surface area contributed by atoms with Crippen molar-refractivity contribution < 1.29 is 8.42 Å². The highest BCUT2D eigenvalue weighted by molar-refractivity contribution is 7.92. The van der Waals surface area contributed by atoms with Gasteiger partial charge in [-0.25, -0.2) is 8.42 Å². The molecule has 26 heavy (non-hydrogen) atoms. The average molecular weight is 366 g/mol. The van der Waals surface area contributed by atoms with Crippen LogP contribution in [0.1, 0.15) is 16.7 Å². The van der Waals surface area contributed by atoms with Crippen LogP contribution in [0, 0.1) is 6.92 Å². The number of hydrogen-bond acceptors (Lipinski definition) is 3. The van der Waals surface area contributed by atoms with Crippen LogP contribution in [-0.4, -0.2) is 8.42 Å². The van der Waals surface area contributed by atoms with Gasteiger partial charge in [0.2, 0.25) is 0 Å². The first kappa shape index (κ1) is 18.2. The Balaban J connectivity index is 1.71. The molecule has 0 saturated carbocycles. The Hall–Kier alpha value is -2.63. The maximum absolute atomic E-state index is 12.6. The predicted molar refractivity (Wildman–Crippen MR) is 105 cm³/mol. The first-order valence-electron chi connectivity index (χ1n) is 8.47. The van der Waals surface area contributed by atoms with Crippen molar-refractivity contribution in [2.45, 2.75) is 24.9 Å². The summed E-state index contributed by atoms with van der Waals surface area (Å²) in [6.45, 7) is 3.38. The lowest BCUT2D eigenvalue weighted by atomic mass is 10.1. The smallest absolute Gasteiger partial charge is 0.261 e. The third-order valence-corrected chi connectivity index (χ3v) is 5.59. The second-order valence-corrected chi connectivity index (χ2v) is 7.79. The van der Waals surface area contributed by atoms with Crippen molar-refractivity contribution in [3.63, 3.8) is 0 Å². The molecule has 0 fully saturated rings. The van der Waals surface area contributed by atoms with Crippen molar-refractivity contribution in [3.8, 4) is 0 Å². The summed E-state index contributed by atoms with van der Waals surface area (Å²) in [7, 11) is -3.60. The zero-order chi connectivity index (χ0) is 18.4. The minimum absolute atomic E-state index is 0.252. The van der Waals surface area contributed by atoms with Crippen molar-refractivity contribution in [2.24, 2.45) is 0 Å².